The Bertz CT molecular complexity index is 860. The minimum absolute atomic E-state index is 0.000705. The van der Waals surface area contributed by atoms with E-state index in [4.69, 9.17) is 4.74 Å². The number of anilines is 1. The molecule has 1 atom stereocenters. The average Bonchev–Trinajstić information content (AvgIpc) is 2.74. The lowest BCUT2D eigenvalue weighted by Crippen LogP contribution is -2.42. The van der Waals surface area contributed by atoms with Crippen LogP contribution in [0.1, 0.15) is 30.1 Å². The standard InChI is InChI=1S/C23H28N2O5/c1-16(26)17-6-8-20(9-7-17)30-15-19(27)14-25-12-10-18(11-13-25)23(29)24-21-4-2-3-5-22(21)28/h2-9,18-19,27-28H,10-15H2,1H3,(H,24,29)/t19-/m1/s1. The number of nitrogens with one attached hydrogen (secondary N) is 1. The van der Waals surface area contributed by atoms with E-state index < -0.39 is 6.10 Å². The summed E-state index contributed by atoms with van der Waals surface area (Å²) in [4.78, 5) is 25.9. The molecule has 0 spiro atoms. The van der Waals surface area contributed by atoms with Gasteiger partial charge in [-0.25, -0.2) is 0 Å². The molecule has 0 aromatic heterocycles. The number of aromatic hydroxyl groups is 1. The maximum absolute atomic E-state index is 12.4. The number of aliphatic hydroxyl groups is 1. The van der Waals surface area contributed by atoms with Crippen LogP contribution in [-0.4, -0.2) is 59.1 Å². The molecule has 0 aliphatic carbocycles. The number of hydrogen-bond donors (Lipinski definition) is 3. The fourth-order valence-electron chi connectivity index (χ4n) is 3.52. The van der Waals surface area contributed by atoms with E-state index in [0.29, 0.717) is 49.5 Å². The van der Waals surface area contributed by atoms with Gasteiger partial charge in [0.2, 0.25) is 5.91 Å². The Labute approximate surface area is 176 Å². The van der Waals surface area contributed by atoms with Crippen LogP contribution in [-0.2, 0) is 4.79 Å². The van der Waals surface area contributed by atoms with Crippen LogP contribution in [0.4, 0.5) is 5.69 Å². The molecule has 1 heterocycles. The van der Waals surface area contributed by atoms with Gasteiger partial charge in [0, 0.05) is 18.0 Å². The summed E-state index contributed by atoms with van der Waals surface area (Å²) in [5.41, 5.74) is 1.05. The summed E-state index contributed by atoms with van der Waals surface area (Å²) in [7, 11) is 0. The van der Waals surface area contributed by atoms with Gasteiger partial charge in [0.1, 0.15) is 24.2 Å². The number of carbonyl (C=O) groups excluding carboxylic acids is 2. The lowest BCUT2D eigenvalue weighted by Gasteiger charge is -2.32. The van der Waals surface area contributed by atoms with Gasteiger partial charge in [-0.3, -0.25) is 9.59 Å². The summed E-state index contributed by atoms with van der Waals surface area (Å²) in [6.07, 6.45) is 0.739. The number of phenols is 1. The predicted molar refractivity (Wildman–Crippen MR) is 114 cm³/mol. The average molecular weight is 412 g/mol. The van der Waals surface area contributed by atoms with E-state index in [-0.39, 0.29) is 30.0 Å². The second kappa shape index (κ2) is 10.2. The van der Waals surface area contributed by atoms with Gasteiger partial charge in [0.05, 0.1) is 5.69 Å². The molecule has 30 heavy (non-hydrogen) atoms. The monoisotopic (exact) mass is 412 g/mol. The van der Waals surface area contributed by atoms with Crippen LogP contribution >= 0.6 is 0 Å². The first-order valence-corrected chi connectivity index (χ1v) is 10.2. The molecule has 160 valence electrons. The number of β-amino-alcohol motifs (C(OH)–C–C–N with tert-alkyl or cyclic N) is 1. The zero-order chi connectivity index (χ0) is 21.5. The number of piperidine rings is 1. The van der Waals surface area contributed by atoms with Gasteiger partial charge in [0.15, 0.2) is 5.78 Å². The third-order valence-electron chi connectivity index (χ3n) is 5.29. The van der Waals surface area contributed by atoms with Crippen molar-refractivity contribution in [1.29, 1.82) is 0 Å². The van der Waals surface area contributed by atoms with Crippen LogP contribution in [0.2, 0.25) is 0 Å². The molecule has 0 bridgehead atoms. The van der Waals surface area contributed by atoms with E-state index >= 15 is 0 Å². The van der Waals surface area contributed by atoms with Gasteiger partial charge in [-0.1, -0.05) is 12.1 Å². The Morgan fingerprint density at radius 2 is 1.80 bits per heavy atom. The van der Waals surface area contributed by atoms with Crippen molar-refractivity contribution in [3.63, 3.8) is 0 Å². The number of ether oxygens (including phenoxy) is 1. The number of amides is 1. The first kappa shape index (κ1) is 21.8. The zero-order valence-corrected chi connectivity index (χ0v) is 17.1. The second-order valence-electron chi connectivity index (χ2n) is 7.63. The summed E-state index contributed by atoms with van der Waals surface area (Å²) in [5, 5.41) is 22.9. The van der Waals surface area contributed by atoms with Crippen molar-refractivity contribution < 1.29 is 24.5 Å². The number of aliphatic hydroxyl groups excluding tert-OH is 1. The number of benzene rings is 2. The lowest BCUT2D eigenvalue weighted by molar-refractivity contribution is -0.121. The lowest BCUT2D eigenvalue weighted by atomic mass is 9.95. The Morgan fingerprint density at radius 3 is 2.43 bits per heavy atom. The highest BCUT2D eigenvalue weighted by molar-refractivity contribution is 5.94. The molecule has 7 nitrogen and oxygen atoms in total. The summed E-state index contributed by atoms with van der Waals surface area (Å²) in [5.74, 6) is 0.461. The maximum atomic E-state index is 12.4. The molecule has 0 saturated carbocycles. The number of Topliss-reactive ketones (excluding diaryl/α,β-unsaturated/α-hetero) is 1. The van der Waals surface area contributed by atoms with Gasteiger partial charge in [-0.15, -0.1) is 0 Å². The number of carbonyl (C=O) groups is 2. The summed E-state index contributed by atoms with van der Waals surface area (Å²) >= 11 is 0. The van der Waals surface area contributed by atoms with Crippen molar-refractivity contribution in [2.45, 2.75) is 25.9 Å². The highest BCUT2D eigenvalue weighted by atomic mass is 16.5. The van der Waals surface area contributed by atoms with Crippen LogP contribution in [0.5, 0.6) is 11.5 Å². The number of para-hydroxylation sites is 2. The second-order valence-corrected chi connectivity index (χ2v) is 7.63. The van der Waals surface area contributed by atoms with Gasteiger partial charge in [-0.2, -0.15) is 0 Å². The summed E-state index contributed by atoms with van der Waals surface area (Å²) in [6, 6.07) is 13.5. The van der Waals surface area contributed by atoms with E-state index in [2.05, 4.69) is 10.2 Å². The molecule has 1 amide bonds. The van der Waals surface area contributed by atoms with E-state index in [1.54, 1.807) is 48.5 Å². The zero-order valence-electron chi connectivity index (χ0n) is 17.1. The van der Waals surface area contributed by atoms with Crippen molar-refractivity contribution in [2.24, 2.45) is 5.92 Å². The van der Waals surface area contributed by atoms with E-state index in [1.165, 1.54) is 6.92 Å². The van der Waals surface area contributed by atoms with Crippen LogP contribution in [0.15, 0.2) is 48.5 Å². The molecule has 1 aliphatic rings. The Kier molecular flexibility index (Phi) is 7.43. The van der Waals surface area contributed by atoms with Crippen LogP contribution in [0.3, 0.4) is 0 Å². The highest BCUT2D eigenvalue weighted by Gasteiger charge is 2.26. The first-order valence-electron chi connectivity index (χ1n) is 10.2. The number of ketones is 1. The topological polar surface area (TPSA) is 99.1 Å². The number of nitrogens with zero attached hydrogens (tertiary/aromatic N) is 1. The molecule has 1 fully saturated rings. The summed E-state index contributed by atoms with van der Waals surface area (Å²) in [6.45, 7) is 3.57. The fraction of sp³-hybridized carbons (Fsp3) is 0.391. The van der Waals surface area contributed by atoms with E-state index in [0.717, 1.165) is 0 Å². The molecule has 2 aromatic carbocycles. The van der Waals surface area contributed by atoms with Crippen molar-refractivity contribution in [3.8, 4) is 11.5 Å². The normalized spacial score (nSPS) is 16.1. The van der Waals surface area contributed by atoms with Crippen LogP contribution < -0.4 is 10.1 Å². The highest BCUT2D eigenvalue weighted by Crippen LogP contribution is 2.25. The molecule has 3 rings (SSSR count). The Morgan fingerprint density at radius 1 is 1.13 bits per heavy atom. The fourth-order valence-corrected chi connectivity index (χ4v) is 3.52. The molecule has 7 heteroatoms. The molecule has 2 aromatic rings. The van der Waals surface area contributed by atoms with E-state index in [1.807, 2.05) is 0 Å². The van der Waals surface area contributed by atoms with Gasteiger partial charge < -0.3 is 25.2 Å². The minimum atomic E-state index is -0.649. The molecular formula is C23H28N2O5. The largest absolute Gasteiger partial charge is 0.506 e. The first-order chi connectivity index (χ1) is 14.4. The van der Waals surface area contributed by atoms with Crippen molar-refractivity contribution in [2.75, 3.05) is 31.6 Å². The molecule has 1 saturated heterocycles. The molecule has 1 aliphatic heterocycles. The summed E-state index contributed by atoms with van der Waals surface area (Å²) < 4.78 is 5.61. The quantitative estimate of drug-likeness (QED) is 0.455. The Balaban J connectivity index is 1.39. The third kappa shape index (κ3) is 6.05. The predicted octanol–water partition coefficient (Wildman–Crippen LogP) is 2.69. The van der Waals surface area contributed by atoms with Gasteiger partial charge in [0.25, 0.3) is 0 Å². The smallest absolute Gasteiger partial charge is 0.227 e. The number of phenolic OH excluding ortho intramolecular Hbond substituents is 1. The van der Waals surface area contributed by atoms with Crippen molar-refractivity contribution in [3.05, 3.63) is 54.1 Å². The van der Waals surface area contributed by atoms with Crippen molar-refractivity contribution in [1.82, 2.24) is 4.90 Å². The van der Waals surface area contributed by atoms with Gasteiger partial charge in [-0.05, 0) is 69.3 Å². The number of rotatable bonds is 8. The number of likely N-dealkylation sites (tertiary alicyclic amines) is 1. The molecule has 3 N–H and O–H groups in total. The van der Waals surface area contributed by atoms with E-state index in [9.17, 15) is 19.8 Å². The van der Waals surface area contributed by atoms with Crippen molar-refractivity contribution >= 4 is 17.4 Å². The maximum Gasteiger partial charge on any atom is 0.227 e. The number of hydrogen-bond acceptors (Lipinski definition) is 6. The SMILES string of the molecule is CC(=O)c1ccc(OC[C@H](O)CN2CCC(C(=O)Nc3ccccc3O)CC2)cc1. The third-order valence-corrected chi connectivity index (χ3v) is 5.29. The van der Waals surface area contributed by atoms with Crippen LogP contribution in [0, 0.1) is 5.92 Å². The van der Waals surface area contributed by atoms with Gasteiger partial charge >= 0.3 is 0 Å². The minimum Gasteiger partial charge on any atom is -0.506 e. The Hall–Kier alpha value is -2.90. The molecule has 0 unspecified atom stereocenters. The molecule has 0 radical (unpaired) electrons. The van der Waals surface area contributed by atoms with Crippen LogP contribution in [0.25, 0.3) is 0 Å². The molecular weight excluding hydrogens is 384 g/mol.